The normalized spacial score (nSPS) is 7.82. The average Bonchev–Trinajstić information content (AvgIpc) is 2.10. The van der Waals surface area contributed by atoms with Gasteiger partial charge in [0.1, 0.15) is 0 Å². The summed E-state index contributed by atoms with van der Waals surface area (Å²) in [6, 6.07) is 8.76. The number of carbonyl (C=O) groups excluding carboxylic acids is 1. The van der Waals surface area contributed by atoms with Crippen LogP contribution < -0.4 is 11.5 Å². The van der Waals surface area contributed by atoms with Gasteiger partial charge in [0, 0.05) is 5.56 Å². The number of benzene rings is 1. The molecule has 60 valence electrons. The Morgan fingerprint density at radius 1 is 1.18 bits per heavy atom. The summed E-state index contributed by atoms with van der Waals surface area (Å²) in [5.74, 6) is -0.379. The van der Waals surface area contributed by atoms with E-state index in [1.54, 1.807) is 24.3 Å². The number of hydrogen-bond donors (Lipinski definition) is 2. The van der Waals surface area contributed by atoms with E-state index in [2.05, 4.69) is 5.73 Å². The van der Waals surface area contributed by atoms with Gasteiger partial charge in [0.05, 0.1) is 0 Å². The molecule has 0 radical (unpaired) electrons. The highest BCUT2D eigenvalue weighted by Crippen LogP contribution is 1.94. The zero-order valence-corrected chi connectivity index (χ0v) is 6.45. The van der Waals surface area contributed by atoms with Gasteiger partial charge in [-0.3, -0.25) is 4.79 Å². The van der Waals surface area contributed by atoms with Gasteiger partial charge in [0.15, 0.2) is 0 Å². The first-order valence-corrected chi connectivity index (χ1v) is 3.23. The van der Waals surface area contributed by atoms with Crippen molar-refractivity contribution >= 4 is 5.91 Å². The molecule has 0 fully saturated rings. The minimum absolute atomic E-state index is 0.379. The summed E-state index contributed by atoms with van der Waals surface area (Å²) in [5.41, 5.74) is 10.0. The molecule has 1 aromatic rings. The fourth-order valence-electron chi connectivity index (χ4n) is 0.602. The van der Waals surface area contributed by atoms with E-state index in [0.717, 1.165) is 0 Å². The van der Waals surface area contributed by atoms with E-state index in [1.165, 1.54) is 7.05 Å². The second-order valence-corrected chi connectivity index (χ2v) is 1.73. The molecule has 0 unspecified atom stereocenters. The maximum absolute atomic E-state index is 10.4. The number of hydrogen-bond acceptors (Lipinski definition) is 2. The molecule has 0 saturated carbocycles. The maximum Gasteiger partial charge on any atom is 0.248 e. The van der Waals surface area contributed by atoms with Crippen molar-refractivity contribution < 1.29 is 4.79 Å². The monoisotopic (exact) mass is 152 g/mol. The molecule has 3 nitrogen and oxygen atoms in total. The molecule has 1 amide bonds. The van der Waals surface area contributed by atoms with E-state index in [9.17, 15) is 4.79 Å². The molecule has 1 rings (SSSR count). The van der Waals surface area contributed by atoms with E-state index in [1.807, 2.05) is 6.07 Å². The quantitative estimate of drug-likeness (QED) is 0.610. The van der Waals surface area contributed by atoms with E-state index < -0.39 is 0 Å². The number of nitrogens with two attached hydrogens (primary N) is 2. The van der Waals surface area contributed by atoms with Crippen LogP contribution in [0.2, 0.25) is 0 Å². The summed E-state index contributed by atoms with van der Waals surface area (Å²) >= 11 is 0. The third kappa shape index (κ3) is 3.37. The smallest absolute Gasteiger partial charge is 0.248 e. The standard InChI is InChI=1S/C7H7NO.CH5N/c8-7(9)6-4-2-1-3-5-6;1-2/h1-5H,(H2,8,9);2H2,1H3. The van der Waals surface area contributed by atoms with Crippen LogP contribution in [-0.2, 0) is 0 Å². The number of rotatable bonds is 1. The first kappa shape index (κ1) is 9.65. The molecule has 0 spiro atoms. The topological polar surface area (TPSA) is 69.1 Å². The maximum atomic E-state index is 10.4. The summed E-state index contributed by atoms with van der Waals surface area (Å²) in [7, 11) is 1.50. The van der Waals surface area contributed by atoms with Crippen LogP contribution >= 0.6 is 0 Å². The first-order valence-electron chi connectivity index (χ1n) is 3.23. The van der Waals surface area contributed by atoms with Gasteiger partial charge in [0.25, 0.3) is 0 Å². The second kappa shape index (κ2) is 5.44. The molecule has 0 saturated heterocycles. The van der Waals surface area contributed by atoms with Crippen molar-refractivity contribution in [3.63, 3.8) is 0 Å². The van der Waals surface area contributed by atoms with Crippen molar-refractivity contribution in [3.8, 4) is 0 Å². The van der Waals surface area contributed by atoms with Crippen LogP contribution in [-0.4, -0.2) is 13.0 Å². The third-order valence-corrected chi connectivity index (χ3v) is 1.06. The van der Waals surface area contributed by atoms with Gasteiger partial charge in [-0.1, -0.05) is 18.2 Å². The van der Waals surface area contributed by atoms with E-state index in [-0.39, 0.29) is 5.91 Å². The Balaban J connectivity index is 0.000000461. The van der Waals surface area contributed by atoms with Crippen LogP contribution in [0.15, 0.2) is 30.3 Å². The molecule has 0 aliphatic heterocycles. The van der Waals surface area contributed by atoms with Gasteiger partial charge in [0.2, 0.25) is 5.91 Å². The highest BCUT2D eigenvalue weighted by molar-refractivity contribution is 5.92. The molecule has 0 aliphatic carbocycles. The van der Waals surface area contributed by atoms with Crippen LogP contribution in [0.4, 0.5) is 0 Å². The van der Waals surface area contributed by atoms with Crippen molar-refractivity contribution in [2.24, 2.45) is 11.5 Å². The molecular weight excluding hydrogens is 140 g/mol. The van der Waals surface area contributed by atoms with Crippen LogP contribution in [0.5, 0.6) is 0 Å². The number of primary amides is 1. The van der Waals surface area contributed by atoms with Gasteiger partial charge >= 0.3 is 0 Å². The fourth-order valence-corrected chi connectivity index (χ4v) is 0.602. The van der Waals surface area contributed by atoms with Gasteiger partial charge in [-0.05, 0) is 19.2 Å². The predicted molar refractivity (Wildman–Crippen MR) is 45.1 cm³/mol. The van der Waals surface area contributed by atoms with Crippen LogP contribution in [0.3, 0.4) is 0 Å². The Hall–Kier alpha value is -1.35. The lowest BCUT2D eigenvalue weighted by Gasteiger charge is -1.89. The first-order chi connectivity index (χ1) is 5.30. The Bertz CT molecular complexity index is 209. The van der Waals surface area contributed by atoms with Crippen LogP contribution in [0.25, 0.3) is 0 Å². The summed E-state index contributed by atoms with van der Waals surface area (Å²) in [6.45, 7) is 0. The minimum atomic E-state index is -0.379. The van der Waals surface area contributed by atoms with Gasteiger partial charge in [-0.25, -0.2) is 0 Å². The highest BCUT2D eigenvalue weighted by Gasteiger charge is 1.93. The second-order valence-electron chi connectivity index (χ2n) is 1.73. The summed E-state index contributed by atoms with van der Waals surface area (Å²) in [5, 5.41) is 0. The molecule has 0 heterocycles. The van der Waals surface area contributed by atoms with Gasteiger partial charge < -0.3 is 11.5 Å². The lowest BCUT2D eigenvalue weighted by atomic mass is 10.2. The largest absolute Gasteiger partial charge is 0.366 e. The molecular formula is C8H12N2O. The molecule has 11 heavy (non-hydrogen) atoms. The Morgan fingerprint density at radius 2 is 1.64 bits per heavy atom. The lowest BCUT2D eigenvalue weighted by Crippen LogP contribution is -2.09. The van der Waals surface area contributed by atoms with E-state index in [4.69, 9.17) is 5.73 Å². The van der Waals surface area contributed by atoms with Crippen LogP contribution in [0.1, 0.15) is 10.4 Å². The van der Waals surface area contributed by atoms with Crippen molar-refractivity contribution in [3.05, 3.63) is 35.9 Å². The fraction of sp³-hybridized carbons (Fsp3) is 0.125. The minimum Gasteiger partial charge on any atom is -0.366 e. The third-order valence-electron chi connectivity index (χ3n) is 1.06. The molecule has 0 aromatic heterocycles. The van der Waals surface area contributed by atoms with Gasteiger partial charge in [-0.2, -0.15) is 0 Å². The highest BCUT2D eigenvalue weighted by atomic mass is 16.1. The summed E-state index contributed by atoms with van der Waals surface area (Å²) in [4.78, 5) is 10.4. The number of carbonyl (C=O) groups is 1. The van der Waals surface area contributed by atoms with Crippen molar-refractivity contribution in [1.29, 1.82) is 0 Å². The zero-order chi connectivity index (χ0) is 8.69. The van der Waals surface area contributed by atoms with Crippen molar-refractivity contribution in [2.75, 3.05) is 7.05 Å². The molecule has 1 aromatic carbocycles. The molecule has 4 N–H and O–H groups in total. The molecule has 0 atom stereocenters. The van der Waals surface area contributed by atoms with Gasteiger partial charge in [-0.15, -0.1) is 0 Å². The molecule has 0 bridgehead atoms. The summed E-state index contributed by atoms with van der Waals surface area (Å²) < 4.78 is 0. The molecule has 3 heteroatoms. The Morgan fingerprint density at radius 3 is 1.91 bits per heavy atom. The zero-order valence-electron chi connectivity index (χ0n) is 6.45. The summed E-state index contributed by atoms with van der Waals surface area (Å²) in [6.07, 6.45) is 0. The molecule has 0 aliphatic rings. The van der Waals surface area contributed by atoms with Crippen molar-refractivity contribution in [1.82, 2.24) is 0 Å². The van der Waals surface area contributed by atoms with E-state index >= 15 is 0 Å². The Kier molecular flexibility index (Phi) is 4.77. The predicted octanol–water partition coefficient (Wildman–Crippen LogP) is 0.360. The van der Waals surface area contributed by atoms with E-state index in [0.29, 0.717) is 5.56 Å². The number of amides is 1. The SMILES string of the molecule is CN.NC(=O)c1ccccc1. The van der Waals surface area contributed by atoms with Crippen LogP contribution in [0, 0.1) is 0 Å². The Labute approximate surface area is 66.0 Å². The van der Waals surface area contributed by atoms with Crippen molar-refractivity contribution in [2.45, 2.75) is 0 Å². The average molecular weight is 152 g/mol. The lowest BCUT2D eigenvalue weighted by molar-refractivity contribution is 0.100.